The number of benzene rings is 3. The molecule has 0 bridgehead atoms. The van der Waals surface area contributed by atoms with E-state index in [1.807, 2.05) is 66.7 Å². The van der Waals surface area contributed by atoms with Gasteiger partial charge in [0.1, 0.15) is 43.2 Å². The Morgan fingerprint density at radius 2 is 1.29 bits per heavy atom. The number of amides is 1. The van der Waals surface area contributed by atoms with Crippen LogP contribution in [0.1, 0.15) is 57.7 Å². The lowest BCUT2D eigenvalue weighted by atomic mass is 9.87. The lowest BCUT2D eigenvalue weighted by Gasteiger charge is -2.51. The summed E-state index contributed by atoms with van der Waals surface area (Å²) >= 11 is 0. The van der Waals surface area contributed by atoms with Crippen LogP contribution in [0, 0.1) is 0 Å². The summed E-state index contributed by atoms with van der Waals surface area (Å²) in [6.07, 6.45) is -14.8. The normalized spacial score (nSPS) is 25.9. The molecule has 0 saturated carbocycles. The summed E-state index contributed by atoms with van der Waals surface area (Å²) in [6, 6.07) is 26.0. The fourth-order valence-corrected chi connectivity index (χ4v) is 7.60. The van der Waals surface area contributed by atoms with Crippen molar-refractivity contribution in [3.05, 3.63) is 108 Å². The lowest BCUT2D eigenvalue weighted by Crippen LogP contribution is -2.71. The van der Waals surface area contributed by atoms with Gasteiger partial charge >= 0.3 is 29.8 Å². The maximum atomic E-state index is 14.5. The van der Waals surface area contributed by atoms with Gasteiger partial charge in [-0.05, 0) is 16.7 Å². The van der Waals surface area contributed by atoms with E-state index in [9.17, 15) is 33.9 Å². The van der Waals surface area contributed by atoms with Gasteiger partial charge < -0.3 is 62.5 Å². The zero-order chi connectivity index (χ0) is 47.8. The van der Waals surface area contributed by atoms with E-state index in [2.05, 4.69) is 5.32 Å². The van der Waals surface area contributed by atoms with Crippen LogP contribution in [0.25, 0.3) is 0 Å². The summed E-state index contributed by atoms with van der Waals surface area (Å²) in [5, 5.41) is 15.0. The first-order chi connectivity index (χ1) is 31.6. The topological polar surface area (TPSA) is 236 Å². The van der Waals surface area contributed by atoms with E-state index >= 15 is 0 Å². The molecule has 66 heavy (non-hydrogen) atoms. The van der Waals surface area contributed by atoms with E-state index in [0.717, 1.165) is 52.9 Å². The Hall–Kier alpha value is -5.80. The second-order valence-corrected chi connectivity index (χ2v) is 15.6. The van der Waals surface area contributed by atoms with Crippen LogP contribution in [-0.4, -0.2) is 128 Å². The third-order valence-corrected chi connectivity index (χ3v) is 10.4. The number of carbonyl (C=O) groups is 6. The highest BCUT2D eigenvalue weighted by Crippen LogP contribution is 2.41. The van der Waals surface area contributed by atoms with E-state index in [1.54, 1.807) is 24.3 Å². The minimum absolute atomic E-state index is 0.00527. The molecule has 0 unspecified atom stereocenters. The second kappa shape index (κ2) is 24.6. The highest BCUT2D eigenvalue weighted by Gasteiger charge is 2.62. The van der Waals surface area contributed by atoms with Crippen LogP contribution in [0.3, 0.4) is 0 Å². The maximum absolute atomic E-state index is 14.5. The second-order valence-electron chi connectivity index (χ2n) is 15.6. The standard InChI is InChI=1S/C47H57NO18/c1-28(49)48-39-36(61-30(3)51)22-47(46(55)56-6,65-42(39)41(63-32(5)53)38(62-31(4)52)27-58-29(2)50)66-43-40(54)37(26-57-23-33-16-10-7-11-17-33)64-45(60-25-35-20-14-9-15-21-35)44(43)59-24-34-18-12-8-13-19-34/h7-21,36-45,54H,22-27H2,1-6H3,(H,48,49)/t36-,37-,38+,39-,40+,41-,42+,43+,44-,45+,47+/m1/s1. The van der Waals surface area contributed by atoms with Crippen LogP contribution in [0.5, 0.6) is 0 Å². The smallest absolute Gasteiger partial charge is 0.366 e. The summed E-state index contributed by atoms with van der Waals surface area (Å²) < 4.78 is 66.2. The molecular weight excluding hydrogens is 867 g/mol. The third kappa shape index (κ3) is 14.6. The Bertz CT molecular complexity index is 2060. The minimum Gasteiger partial charge on any atom is -0.465 e. The van der Waals surface area contributed by atoms with Crippen molar-refractivity contribution in [1.29, 1.82) is 0 Å². The van der Waals surface area contributed by atoms with Crippen LogP contribution in [0.2, 0.25) is 0 Å². The van der Waals surface area contributed by atoms with Gasteiger partial charge in [-0.2, -0.15) is 0 Å². The summed E-state index contributed by atoms with van der Waals surface area (Å²) in [5.74, 6) is -8.21. The largest absolute Gasteiger partial charge is 0.465 e. The Balaban J connectivity index is 1.65. The highest BCUT2D eigenvalue weighted by molar-refractivity contribution is 5.79. The molecule has 2 heterocycles. The van der Waals surface area contributed by atoms with Gasteiger partial charge in [0.15, 0.2) is 18.5 Å². The molecule has 358 valence electrons. The van der Waals surface area contributed by atoms with Gasteiger partial charge in [0.2, 0.25) is 5.91 Å². The van der Waals surface area contributed by atoms with Crippen LogP contribution in [0.4, 0.5) is 0 Å². The molecule has 0 aromatic heterocycles. The number of carbonyl (C=O) groups excluding carboxylic acids is 6. The first-order valence-electron chi connectivity index (χ1n) is 21.2. The molecule has 0 aliphatic carbocycles. The molecule has 19 heteroatoms. The van der Waals surface area contributed by atoms with Crippen molar-refractivity contribution >= 4 is 35.8 Å². The van der Waals surface area contributed by atoms with E-state index in [4.69, 9.17) is 52.1 Å². The first-order valence-corrected chi connectivity index (χ1v) is 21.2. The molecule has 11 atom stereocenters. The SMILES string of the molecule is COC(=O)[C@@]1(O[C@H]2[C@@H](O)[C@@H](COCc3ccccc3)O[C@H](OCc3ccccc3)[C@@H]2OCc2ccccc2)C[C@@H](OC(C)=O)[C@@H](NC(C)=O)[C@@H]([C@H](OC(C)=O)[C@H](COC(C)=O)OC(C)=O)O1. The number of hydrogen-bond donors (Lipinski definition) is 2. The molecule has 3 aromatic carbocycles. The molecule has 2 N–H and O–H groups in total. The van der Waals surface area contributed by atoms with Crippen LogP contribution in [0.15, 0.2) is 91.0 Å². The number of rotatable bonds is 21. The van der Waals surface area contributed by atoms with Crippen molar-refractivity contribution in [3.8, 4) is 0 Å². The molecule has 1 amide bonds. The van der Waals surface area contributed by atoms with Gasteiger partial charge in [-0.15, -0.1) is 0 Å². The summed E-state index contributed by atoms with van der Waals surface area (Å²) in [5.41, 5.74) is 2.30. The molecule has 2 aliphatic rings. The highest BCUT2D eigenvalue weighted by atomic mass is 16.8. The van der Waals surface area contributed by atoms with E-state index in [1.165, 1.54) is 0 Å². The Kier molecular flexibility index (Phi) is 19.1. The van der Waals surface area contributed by atoms with E-state index in [0.29, 0.717) is 5.56 Å². The summed E-state index contributed by atoms with van der Waals surface area (Å²) in [4.78, 5) is 77.7. The molecule has 19 nitrogen and oxygen atoms in total. The predicted molar refractivity (Wildman–Crippen MR) is 227 cm³/mol. The molecule has 3 aromatic rings. The molecule has 5 rings (SSSR count). The van der Waals surface area contributed by atoms with Crippen molar-refractivity contribution in [2.45, 2.75) is 128 Å². The van der Waals surface area contributed by atoms with E-state index < -0.39 is 116 Å². The number of aliphatic hydroxyl groups excluding tert-OH is 1. The van der Waals surface area contributed by atoms with Crippen molar-refractivity contribution in [1.82, 2.24) is 5.32 Å². The van der Waals surface area contributed by atoms with Crippen molar-refractivity contribution in [2.75, 3.05) is 20.3 Å². The van der Waals surface area contributed by atoms with Crippen molar-refractivity contribution in [2.24, 2.45) is 0 Å². The number of ether oxygens (including phenoxy) is 11. The molecule has 2 aliphatic heterocycles. The lowest BCUT2D eigenvalue weighted by molar-refractivity contribution is -0.376. The number of hydrogen-bond acceptors (Lipinski definition) is 18. The fraction of sp³-hybridized carbons (Fsp3) is 0.489. The molecule has 2 saturated heterocycles. The quantitative estimate of drug-likeness (QED) is 0.115. The van der Waals surface area contributed by atoms with Crippen molar-refractivity contribution in [3.63, 3.8) is 0 Å². The molecule has 0 radical (unpaired) electrons. The predicted octanol–water partition coefficient (Wildman–Crippen LogP) is 3.00. The molecular formula is C47H57NO18. The van der Waals surface area contributed by atoms with Gasteiger partial charge in [-0.3, -0.25) is 24.0 Å². The van der Waals surface area contributed by atoms with Gasteiger partial charge in [0.25, 0.3) is 5.79 Å². The summed E-state index contributed by atoms with van der Waals surface area (Å²) in [6.45, 7) is 4.49. The minimum atomic E-state index is -2.73. The number of nitrogens with one attached hydrogen (secondary N) is 1. The first kappa shape index (κ1) is 51.2. The fourth-order valence-electron chi connectivity index (χ4n) is 7.60. The van der Waals surface area contributed by atoms with Gasteiger partial charge in [-0.25, -0.2) is 4.79 Å². The van der Waals surface area contributed by atoms with Crippen LogP contribution < -0.4 is 5.32 Å². The number of aliphatic hydroxyl groups is 1. The maximum Gasteiger partial charge on any atom is 0.366 e. The number of esters is 5. The molecule has 0 spiro atoms. The van der Waals surface area contributed by atoms with E-state index in [-0.39, 0.29) is 26.4 Å². The van der Waals surface area contributed by atoms with Crippen LogP contribution in [-0.2, 0) is 101 Å². The summed E-state index contributed by atoms with van der Waals surface area (Å²) in [7, 11) is 1.02. The average Bonchev–Trinajstić information content (AvgIpc) is 3.28. The Labute approximate surface area is 382 Å². The average molecular weight is 924 g/mol. The molecule has 2 fully saturated rings. The van der Waals surface area contributed by atoms with Gasteiger partial charge in [0, 0.05) is 34.6 Å². The van der Waals surface area contributed by atoms with Crippen molar-refractivity contribution < 1.29 is 86.0 Å². The monoisotopic (exact) mass is 923 g/mol. The van der Waals surface area contributed by atoms with Crippen LogP contribution >= 0.6 is 0 Å². The Morgan fingerprint density at radius 3 is 1.80 bits per heavy atom. The zero-order valence-corrected chi connectivity index (χ0v) is 37.6. The third-order valence-electron chi connectivity index (χ3n) is 10.4. The zero-order valence-electron chi connectivity index (χ0n) is 37.6. The van der Waals surface area contributed by atoms with Gasteiger partial charge in [-0.1, -0.05) is 91.0 Å². The van der Waals surface area contributed by atoms with Gasteiger partial charge in [0.05, 0.1) is 46.0 Å². The number of methoxy groups -OCH3 is 1. The Morgan fingerprint density at radius 1 is 0.727 bits per heavy atom.